The Kier molecular flexibility index (Phi) is 6.69. The van der Waals surface area contributed by atoms with Gasteiger partial charge in [0.15, 0.2) is 17.0 Å². The Hall–Kier alpha value is -3.42. The number of rotatable bonds is 9. The van der Waals surface area contributed by atoms with E-state index in [4.69, 9.17) is 0 Å². The molecule has 4 aromatic rings. The Bertz CT molecular complexity index is 1560. The third-order valence-corrected chi connectivity index (χ3v) is 6.99. The van der Waals surface area contributed by atoms with Gasteiger partial charge in [0.05, 0.1) is 11.0 Å². The number of carbonyl (C=O) groups is 2. The van der Waals surface area contributed by atoms with Gasteiger partial charge in [-0.2, -0.15) is 4.80 Å². The van der Waals surface area contributed by atoms with Crippen LogP contribution >= 0.6 is 22.6 Å². The predicted molar refractivity (Wildman–Crippen MR) is 140 cm³/mol. The second kappa shape index (κ2) is 9.91. The van der Waals surface area contributed by atoms with Gasteiger partial charge in [-0.3, -0.25) is 23.5 Å². The maximum Gasteiger partial charge on any atom is 0.332 e. The van der Waals surface area contributed by atoms with E-state index in [1.165, 1.54) is 9.36 Å². The molecule has 186 valence electrons. The predicted octanol–water partition coefficient (Wildman–Crippen LogP) is 2.47. The molecule has 1 N–H and O–H groups in total. The highest BCUT2D eigenvalue weighted by Crippen LogP contribution is 2.24. The number of aromatic amines is 1. The molecule has 0 radical (unpaired) electrons. The molecule has 0 unspecified atom stereocenters. The lowest BCUT2D eigenvalue weighted by Gasteiger charge is -2.11. The van der Waals surface area contributed by atoms with Crippen molar-refractivity contribution in [3.05, 3.63) is 73.4 Å². The van der Waals surface area contributed by atoms with Crippen LogP contribution in [0.4, 0.5) is 0 Å². The molecule has 0 saturated heterocycles. The van der Waals surface area contributed by atoms with E-state index in [0.717, 1.165) is 19.3 Å². The van der Waals surface area contributed by atoms with Crippen molar-refractivity contribution in [2.75, 3.05) is 0 Å². The monoisotopic (exact) mass is 601 g/mol. The molecule has 0 bridgehead atoms. The van der Waals surface area contributed by atoms with Gasteiger partial charge in [0.25, 0.3) is 5.56 Å². The lowest BCUT2D eigenvalue weighted by atomic mass is 9.90. The average Bonchev–Trinajstić information content (AvgIpc) is 3.52. The van der Waals surface area contributed by atoms with Crippen LogP contribution in [0.25, 0.3) is 11.2 Å². The first kappa shape index (κ1) is 24.3. The number of hydrogen-bond acceptors (Lipinski definition) is 7. The van der Waals surface area contributed by atoms with Gasteiger partial charge in [0.1, 0.15) is 11.3 Å². The van der Waals surface area contributed by atoms with Crippen LogP contribution in [0.5, 0.6) is 0 Å². The summed E-state index contributed by atoms with van der Waals surface area (Å²) in [6.45, 7) is 2.93. The summed E-state index contributed by atoms with van der Waals surface area (Å²) in [6.07, 6.45) is 3.14. The van der Waals surface area contributed by atoms with Gasteiger partial charge in [-0.15, -0.1) is 10.2 Å². The number of aromatic nitrogens is 7. The second-order valence-corrected chi connectivity index (χ2v) is 9.43. The van der Waals surface area contributed by atoms with E-state index in [2.05, 4.69) is 49.7 Å². The van der Waals surface area contributed by atoms with Crippen LogP contribution in [0, 0.1) is 0 Å². The fourth-order valence-corrected chi connectivity index (χ4v) is 4.82. The molecule has 5 rings (SSSR count). The number of hydrogen-bond donors (Lipinski definition) is 1. The van der Waals surface area contributed by atoms with Crippen molar-refractivity contribution >= 4 is 45.3 Å². The number of H-pyrrole nitrogens is 1. The molecular weight excluding hydrogens is 577 g/mol. The third-order valence-electron chi connectivity index (χ3n) is 6.26. The minimum atomic E-state index is -0.418. The van der Waals surface area contributed by atoms with E-state index in [9.17, 15) is 19.2 Å². The molecule has 1 aliphatic rings. The standard InChI is InChI=1S/C24H24IN7O4/c1-2-3-6-10-30-22-19(26-16(13-25)27-22)23(35)31(24(30)36)11-7-12-32-28-17-18(29-32)21(34)15-9-5-4-8-14(15)20(17)33/h4-5,8-9H,2-3,6-7,10-13H2,1H3,(H,26,27). The van der Waals surface area contributed by atoms with Crippen LogP contribution in [0.2, 0.25) is 0 Å². The van der Waals surface area contributed by atoms with Gasteiger partial charge < -0.3 is 4.98 Å². The molecule has 0 aliphatic heterocycles. The Morgan fingerprint density at radius 2 is 1.50 bits per heavy atom. The Morgan fingerprint density at radius 3 is 2.11 bits per heavy atom. The smallest absolute Gasteiger partial charge is 0.332 e. The molecule has 0 spiro atoms. The molecule has 12 heteroatoms. The van der Waals surface area contributed by atoms with Crippen molar-refractivity contribution in [2.45, 2.75) is 56.7 Å². The minimum absolute atomic E-state index is 0.0272. The van der Waals surface area contributed by atoms with Crippen LogP contribution in [0.15, 0.2) is 33.9 Å². The van der Waals surface area contributed by atoms with Crippen LogP contribution < -0.4 is 11.2 Å². The molecule has 0 saturated carbocycles. The van der Waals surface area contributed by atoms with Crippen molar-refractivity contribution < 1.29 is 9.59 Å². The van der Waals surface area contributed by atoms with Crippen LogP contribution in [-0.2, 0) is 24.1 Å². The Balaban J connectivity index is 1.40. The summed E-state index contributed by atoms with van der Waals surface area (Å²) in [5.41, 5.74) is 0.578. The van der Waals surface area contributed by atoms with Crippen molar-refractivity contribution in [1.29, 1.82) is 0 Å². The molecule has 0 amide bonds. The van der Waals surface area contributed by atoms with Gasteiger partial charge in [0.2, 0.25) is 11.6 Å². The number of halogens is 1. The van der Waals surface area contributed by atoms with Gasteiger partial charge in [-0.1, -0.05) is 66.6 Å². The van der Waals surface area contributed by atoms with Crippen molar-refractivity contribution in [2.24, 2.45) is 0 Å². The Labute approximate surface area is 218 Å². The van der Waals surface area contributed by atoms with E-state index in [-0.39, 0.29) is 36.0 Å². The molecule has 0 fully saturated rings. The first-order valence-corrected chi connectivity index (χ1v) is 13.4. The summed E-state index contributed by atoms with van der Waals surface area (Å²) in [7, 11) is 0. The summed E-state index contributed by atoms with van der Waals surface area (Å²) in [6, 6.07) is 6.60. The number of aryl methyl sites for hydroxylation is 2. The SMILES string of the molecule is CCCCCn1c(=O)n(CCCn2nc3c(n2)C(=O)c2ccccc2C3=O)c(=O)c2[nH]c(CI)nc21. The van der Waals surface area contributed by atoms with E-state index in [1.807, 2.05) is 0 Å². The van der Waals surface area contributed by atoms with Crippen molar-refractivity contribution in [3.63, 3.8) is 0 Å². The fourth-order valence-electron chi connectivity index (χ4n) is 4.45. The zero-order valence-corrected chi connectivity index (χ0v) is 21.8. The van der Waals surface area contributed by atoms with Crippen LogP contribution in [-0.4, -0.2) is 45.7 Å². The largest absolute Gasteiger partial charge is 0.335 e. The number of unbranched alkanes of at least 4 members (excludes halogenated alkanes) is 2. The molecule has 1 aromatic carbocycles. The van der Waals surface area contributed by atoms with Gasteiger partial charge in [0, 0.05) is 24.2 Å². The summed E-state index contributed by atoms with van der Waals surface area (Å²) in [5, 5.41) is 8.47. The highest BCUT2D eigenvalue weighted by atomic mass is 127. The Morgan fingerprint density at radius 1 is 0.861 bits per heavy atom. The first-order valence-electron chi connectivity index (χ1n) is 11.9. The average molecular weight is 601 g/mol. The zero-order chi connectivity index (χ0) is 25.4. The molecule has 11 nitrogen and oxygen atoms in total. The summed E-state index contributed by atoms with van der Waals surface area (Å²) < 4.78 is 3.36. The van der Waals surface area contributed by atoms with Crippen molar-refractivity contribution in [1.82, 2.24) is 34.1 Å². The third kappa shape index (κ3) is 4.12. The molecule has 0 atom stereocenters. The number of nitrogens with one attached hydrogen (secondary N) is 1. The quantitative estimate of drug-likeness (QED) is 0.156. The summed E-state index contributed by atoms with van der Waals surface area (Å²) in [5.74, 6) is -0.0347. The fraction of sp³-hybridized carbons (Fsp3) is 0.375. The van der Waals surface area contributed by atoms with E-state index >= 15 is 0 Å². The highest BCUT2D eigenvalue weighted by Gasteiger charge is 2.34. The number of ketones is 2. The van der Waals surface area contributed by atoms with Gasteiger partial charge in [-0.05, 0) is 12.8 Å². The van der Waals surface area contributed by atoms with Gasteiger partial charge >= 0.3 is 5.69 Å². The maximum absolute atomic E-state index is 13.3. The lowest BCUT2D eigenvalue weighted by molar-refractivity contribution is 0.0974. The molecule has 3 aromatic heterocycles. The molecule has 36 heavy (non-hydrogen) atoms. The van der Waals surface area contributed by atoms with E-state index < -0.39 is 11.2 Å². The van der Waals surface area contributed by atoms with Crippen molar-refractivity contribution in [3.8, 4) is 0 Å². The second-order valence-electron chi connectivity index (χ2n) is 8.66. The number of benzene rings is 1. The minimum Gasteiger partial charge on any atom is -0.335 e. The van der Waals surface area contributed by atoms with E-state index in [0.29, 0.717) is 45.5 Å². The lowest BCUT2D eigenvalue weighted by Crippen LogP contribution is -2.40. The number of nitrogens with zero attached hydrogens (tertiary/aromatic N) is 6. The number of imidazole rings is 1. The topological polar surface area (TPSA) is 138 Å². The number of carbonyl (C=O) groups excluding carboxylic acids is 2. The molecule has 1 aliphatic carbocycles. The maximum atomic E-state index is 13.3. The number of fused-ring (bicyclic) bond motifs is 3. The van der Waals surface area contributed by atoms with Gasteiger partial charge in [-0.25, -0.2) is 9.78 Å². The molecule has 3 heterocycles. The highest BCUT2D eigenvalue weighted by molar-refractivity contribution is 14.1. The summed E-state index contributed by atoms with van der Waals surface area (Å²) in [4.78, 5) is 60.8. The van der Waals surface area contributed by atoms with Crippen LogP contribution in [0.1, 0.15) is 70.5 Å². The van der Waals surface area contributed by atoms with Crippen LogP contribution in [0.3, 0.4) is 0 Å². The normalized spacial score (nSPS) is 12.8. The zero-order valence-electron chi connectivity index (χ0n) is 19.7. The van der Waals surface area contributed by atoms with E-state index in [1.54, 1.807) is 28.8 Å². The number of alkyl halides is 1. The molecular formula is C24H24IN7O4. The first-order chi connectivity index (χ1) is 17.4. The summed E-state index contributed by atoms with van der Waals surface area (Å²) >= 11 is 2.16.